The molecule has 10 heteroatoms. The third-order valence-electron chi connectivity index (χ3n) is 4.36. The molecule has 1 amide bonds. The van der Waals surface area contributed by atoms with Gasteiger partial charge in [0.25, 0.3) is 0 Å². The van der Waals surface area contributed by atoms with Crippen molar-refractivity contribution in [1.82, 2.24) is 15.0 Å². The monoisotopic (exact) mass is 439 g/mol. The normalized spacial score (nSPS) is 17.0. The van der Waals surface area contributed by atoms with Gasteiger partial charge in [0.15, 0.2) is 5.65 Å². The van der Waals surface area contributed by atoms with E-state index in [9.17, 15) is 4.79 Å². The van der Waals surface area contributed by atoms with E-state index in [0.717, 1.165) is 24.9 Å². The molecule has 3 aromatic rings. The predicted octanol–water partition coefficient (Wildman–Crippen LogP) is 5.14. The molecule has 0 spiro atoms. The maximum Gasteiger partial charge on any atom is 0.411 e. The van der Waals surface area contributed by atoms with E-state index in [1.54, 1.807) is 24.3 Å². The number of rotatable bonds is 3. The molecule has 1 saturated heterocycles. The molecule has 1 fully saturated rings. The number of benzene rings is 1. The molecule has 3 heterocycles. The van der Waals surface area contributed by atoms with Crippen LogP contribution < -0.4 is 10.2 Å². The first-order valence-electron chi connectivity index (χ1n) is 8.67. The Morgan fingerprint density at radius 3 is 2.75 bits per heavy atom. The number of hydrogen-bond donors (Lipinski definition) is 2. The number of hydrogen-bond acceptors (Lipinski definition) is 5. The van der Waals surface area contributed by atoms with Gasteiger partial charge in [-0.2, -0.15) is 4.98 Å². The van der Waals surface area contributed by atoms with E-state index in [0.29, 0.717) is 39.0 Å². The highest BCUT2D eigenvalue weighted by Crippen LogP contribution is 2.24. The van der Waals surface area contributed by atoms with E-state index in [1.165, 1.54) is 0 Å². The van der Waals surface area contributed by atoms with Crippen molar-refractivity contribution in [2.75, 3.05) is 23.3 Å². The summed E-state index contributed by atoms with van der Waals surface area (Å²) in [6, 6.07) is 8.35. The molecule has 1 aliphatic heterocycles. The number of H-pyrrole nitrogens is 1. The summed E-state index contributed by atoms with van der Waals surface area (Å²) in [5, 5.41) is 3.92. The number of ether oxygens (including phenoxy) is 1. The number of nitrogens with zero attached hydrogens (tertiary/aromatic N) is 3. The van der Waals surface area contributed by atoms with Crippen LogP contribution in [0.15, 0.2) is 30.3 Å². The summed E-state index contributed by atoms with van der Waals surface area (Å²) in [5.41, 5.74) is 1.84. The number of imidazole rings is 1. The molecule has 2 N–H and O–H groups in total. The summed E-state index contributed by atoms with van der Waals surface area (Å²) in [5.74, 6) is 0.681. The second kappa shape index (κ2) is 8.03. The van der Waals surface area contributed by atoms with Crippen LogP contribution in [-0.2, 0) is 4.74 Å². The van der Waals surface area contributed by atoms with Crippen molar-refractivity contribution in [2.45, 2.75) is 18.9 Å². The van der Waals surface area contributed by atoms with Crippen LogP contribution >= 0.6 is 34.8 Å². The zero-order valence-corrected chi connectivity index (χ0v) is 16.9. The predicted molar refractivity (Wildman–Crippen MR) is 111 cm³/mol. The van der Waals surface area contributed by atoms with E-state index in [-0.39, 0.29) is 6.10 Å². The molecular weight excluding hydrogens is 425 g/mol. The van der Waals surface area contributed by atoms with Gasteiger partial charge in [-0.3, -0.25) is 5.32 Å². The molecule has 28 heavy (non-hydrogen) atoms. The molecule has 0 bridgehead atoms. The van der Waals surface area contributed by atoms with Crippen molar-refractivity contribution in [3.8, 4) is 0 Å². The third-order valence-corrected chi connectivity index (χ3v) is 5.01. The van der Waals surface area contributed by atoms with E-state index in [2.05, 4.69) is 20.3 Å². The Bertz CT molecular complexity index is 1010. The maximum absolute atomic E-state index is 12.2. The van der Waals surface area contributed by atoms with Crippen molar-refractivity contribution < 1.29 is 9.53 Å². The van der Waals surface area contributed by atoms with Gasteiger partial charge in [0.2, 0.25) is 5.95 Å². The molecule has 4 rings (SSSR count). The zero-order chi connectivity index (χ0) is 19.7. The molecule has 1 aliphatic rings. The molecule has 0 radical (unpaired) electrons. The van der Waals surface area contributed by atoms with Crippen molar-refractivity contribution in [3.63, 3.8) is 0 Å². The Morgan fingerprint density at radius 1 is 1.18 bits per heavy atom. The topological polar surface area (TPSA) is 83.1 Å². The van der Waals surface area contributed by atoms with Gasteiger partial charge in [-0.1, -0.05) is 34.8 Å². The SMILES string of the molecule is O=C(Nc1cc(Cl)cc(Cl)c1)OC1CCCN(c2nc3nc(Cl)ccc3[nH]2)C1. The molecule has 0 saturated carbocycles. The largest absolute Gasteiger partial charge is 0.444 e. The van der Waals surface area contributed by atoms with Gasteiger partial charge in [0, 0.05) is 22.3 Å². The zero-order valence-electron chi connectivity index (χ0n) is 14.6. The minimum absolute atomic E-state index is 0.270. The number of aromatic amines is 1. The van der Waals surface area contributed by atoms with Crippen molar-refractivity contribution in [2.24, 2.45) is 0 Å². The molecule has 7 nitrogen and oxygen atoms in total. The lowest BCUT2D eigenvalue weighted by molar-refractivity contribution is 0.100. The van der Waals surface area contributed by atoms with E-state index >= 15 is 0 Å². The van der Waals surface area contributed by atoms with Crippen LogP contribution in [0.4, 0.5) is 16.4 Å². The quantitative estimate of drug-likeness (QED) is 0.551. The molecule has 2 aromatic heterocycles. The second-order valence-electron chi connectivity index (χ2n) is 6.46. The Kier molecular flexibility index (Phi) is 5.48. The molecule has 0 aliphatic carbocycles. The van der Waals surface area contributed by atoms with Gasteiger partial charge >= 0.3 is 6.09 Å². The van der Waals surface area contributed by atoms with Crippen molar-refractivity contribution in [3.05, 3.63) is 45.5 Å². The number of amides is 1. The first kappa shape index (κ1) is 19.1. The highest BCUT2D eigenvalue weighted by Gasteiger charge is 2.25. The summed E-state index contributed by atoms with van der Waals surface area (Å²) in [7, 11) is 0. The fourth-order valence-electron chi connectivity index (χ4n) is 3.16. The van der Waals surface area contributed by atoms with Gasteiger partial charge in [0.1, 0.15) is 11.3 Å². The minimum atomic E-state index is -0.553. The van der Waals surface area contributed by atoms with Gasteiger partial charge in [-0.25, -0.2) is 9.78 Å². The Balaban J connectivity index is 1.40. The lowest BCUT2D eigenvalue weighted by atomic mass is 10.1. The minimum Gasteiger partial charge on any atom is -0.444 e. The maximum atomic E-state index is 12.2. The number of piperidine rings is 1. The molecular formula is C18H16Cl3N5O2. The Morgan fingerprint density at radius 2 is 1.96 bits per heavy atom. The Labute approximate surface area is 175 Å². The fourth-order valence-corrected chi connectivity index (χ4v) is 3.83. The van der Waals surface area contributed by atoms with E-state index in [4.69, 9.17) is 39.5 Å². The smallest absolute Gasteiger partial charge is 0.411 e. The molecule has 1 atom stereocenters. The lowest BCUT2D eigenvalue weighted by Crippen LogP contribution is -2.41. The van der Waals surface area contributed by atoms with Crippen LogP contribution in [0.5, 0.6) is 0 Å². The highest BCUT2D eigenvalue weighted by atomic mass is 35.5. The first-order valence-corrected chi connectivity index (χ1v) is 9.80. The number of nitrogens with one attached hydrogen (secondary N) is 2. The highest BCUT2D eigenvalue weighted by molar-refractivity contribution is 6.35. The van der Waals surface area contributed by atoms with Crippen LogP contribution in [0, 0.1) is 0 Å². The van der Waals surface area contributed by atoms with Gasteiger partial charge in [-0.15, -0.1) is 0 Å². The fraction of sp³-hybridized carbons (Fsp3) is 0.278. The molecule has 146 valence electrons. The van der Waals surface area contributed by atoms with Gasteiger partial charge in [-0.05, 0) is 43.2 Å². The average Bonchev–Trinajstić information content (AvgIpc) is 3.04. The van der Waals surface area contributed by atoms with Crippen molar-refractivity contribution >= 4 is 63.7 Å². The lowest BCUT2D eigenvalue weighted by Gasteiger charge is -2.32. The standard InChI is InChI=1S/C18H16Cl3N5O2/c19-10-6-11(20)8-12(7-10)22-18(27)28-13-2-1-5-26(9-13)17-23-14-3-4-15(21)24-16(14)25-17/h3-4,6-8,13H,1-2,5,9H2,(H,22,27)(H,23,24,25). The number of anilines is 2. The first-order chi connectivity index (χ1) is 13.5. The number of fused-ring (bicyclic) bond motifs is 1. The number of carbonyl (C=O) groups excluding carboxylic acids is 1. The Hall–Kier alpha value is -2.22. The number of pyridine rings is 1. The van der Waals surface area contributed by atoms with E-state index < -0.39 is 6.09 Å². The number of carbonyl (C=O) groups is 1. The summed E-state index contributed by atoms with van der Waals surface area (Å²) >= 11 is 17.8. The summed E-state index contributed by atoms with van der Waals surface area (Å²) in [6.07, 6.45) is 0.813. The third kappa shape index (κ3) is 4.43. The summed E-state index contributed by atoms with van der Waals surface area (Å²) in [6.45, 7) is 1.33. The van der Waals surface area contributed by atoms with Crippen LogP contribution in [0.2, 0.25) is 15.2 Å². The molecule has 1 aromatic carbocycles. The van der Waals surface area contributed by atoms with E-state index in [1.807, 2.05) is 11.0 Å². The summed E-state index contributed by atoms with van der Waals surface area (Å²) < 4.78 is 5.56. The van der Waals surface area contributed by atoms with Crippen LogP contribution in [0.3, 0.4) is 0 Å². The van der Waals surface area contributed by atoms with Crippen LogP contribution in [0.1, 0.15) is 12.8 Å². The second-order valence-corrected chi connectivity index (χ2v) is 7.72. The molecule has 1 unspecified atom stereocenters. The van der Waals surface area contributed by atoms with Crippen LogP contribution in [-0.4, -0.2) is 40.2 Å². The summed E-state index contributed by atoms with van der Waals surface area (Å²) in [4.78, 5) is 26.2. The van der Waals surface area contributed by atoms with Gasteiger partial charge in [0.05, 0.1) is 12.1 Å². The number of aromatic nitrogens is 3. The van der Waals surface area contributed by atoms with Gasteiger partial charge < -0.3 is 14.6 Å². The average molecular weight is 441 g/mol. The van der Waals surface area contributed by atoms with Crippen molar-refractivity contribution in [1.29, 1.82) is 0 Å². The van der Waals surface area contributed by atoms with Crippen LogP contribution in [0.25, 0.3) is 11.2 Å². The number of halogens is 3.